The molecule has 4 saturated carbocycles. The average molecular weight is 900 g/mol. The molecule has 8 atom stereocenters. The Bertz CT molecular complexity index is 1310. The van der Waals surface area contributed by atoms with Gasteiger partial charge in [-0.05, 0) is 123 Å². The second kappa shape index (κ2) is 21.5. The first-order valence-electron chi connectivity index (χ1n) is 23.0. The van der Waals surface area contributed by atoms with Crippen LogP contribution in [0.4, 0.5) is 0 Å². The second-order valence-corrected chi connectivity index (χ2v) is 19.0. The molecule has 0 spiro atoms. The normalized spacial score (nSPS) is 41.8. The summed E-state index contributed by atoms with van der Waals surface area (Å²) in [6, 6.07) is 21.0. The van der Waals surface area contributed by atoms with E-state index in [2.05, 4.69) is 42.5 Å². The van der Waals surface area contributed by atoms with Crippen molar-refractivity contribution < 1.29 is 26.5 Å². The van der Waals surface area contributed by atoms with Gasteiger partial charge < -0.3 is 32.7 Å². The first-order chi connectivity index (χ1) is 28.7. The quantitative estimate of drug-likeness (QED) is 0.116. The number of fused-ring (bicyclic) bond motifs is 20. The molecule has 8 unspecified atom stereocenters. The number of para-hydroxylation sites is 2. The Morgan fingerprint density at radius 3 is 0.695 bits per heavy atom. The molecule has 2 aromatic carbocycles. The predicted octanol–water partition coefficient (Wildman–Crippen LogP) is 7.45. The standard InChI is InChI=1S/C32H56N8.2C7H6ClO.Cu/c1-2-10-18-17(9-1)25-33-26(18)38-28-21-13-5-6-14-22(21)30(35-28)40-32-24-16-8-7-15-23(24)31(36-32)39-29-20-12-4-3-11-19(20)27(34-29)37-25;2*8-6-9-7-4-2-1-3-5-7;/h17-40H,1-16H2;2*1-6H;/q;2*-1;+2. The van der Waals surface area contributed by atoms with Crippen LogP contribution in [0, 0.1) is 59.5 Å². The summed E-state index contributed by atoms with van der Waals surface area (Å²) < 4.78 is 9.69. The van der Waals surface area contributed by atoms with E-state index in [1.165, 1.54) is 103 Å². The Morgan fingerprint density at radius 1 is 0.339 bits per heavy atom. The van der Waals surface area contributed by atoms with E-state index in [4.69, 9.17) is 32.7 Å². The van der Waals surface area contributed by atoms with Gasteiger partial charge in [0.1, 0.15) is 0 Å². The van der Waals surface area contributed by atoms with Gasteiger partial charge in [-0.2, -0.15) is 0 Å². The summed E-state index contributed by atoms with van der Waals surface area (Å²) in [5, 5.41) is 33.8. The molecule has 9 aliphatic rings. The minimum atomic E-state index is 0. The number of hydrogen-bond acceptors (Lipinski definition) is 10. The third-order valence-electron chi connectivity index (χ3n) is 15.6. The summed E-state index contributed by atoms with van der Waals surface area (Å²) in [6.07, 6.45) is 25.6. The van der Waals surface area contributed by atoms with E-state index in [-0.39, 0.29) is 17.1 Å². The monoisotopic (exact) mass is 897 g/mol. The summed E-state index contributed by atoms with van der Waals surface area (Å²) in [7, 11) is 0. The van der Waals surface area contributed by atoms with Crippen LogP contribution in [0.25, 0.3) is 0 Å². The molecule has 8 bridgehead atoms. The zero-order valence-electron chi connectivity index (χ0n) is 34.4. The third kappa shape index (κ3) is 10.3. The molecule has 0 amide bonds. The second-order valence-electron chi connectivity index (χ2n) is 18.6. The number of rotatable bonds is 4. The molecule has 59 heavy (non-hydrogen) atoms. The van der Waals surface area contributed by atoms with Gasteiger partial charge in [0.25, 0.3) is 0 Å². The molecule has 10 nitrogen and oxygen atoms in total. The van der Waals surface area contributed by atoms with Gasteiger partial charge in [-0.15, -0.1) is 0 Å². The molecule has 5 aliphatic heterocycles. The maximum Gasteiger partial charge on any atom is 2.00 e. The van der Waals surface area contributed by atoms with E-state index in [9.17, 15) is 0 Å². The van der Waals surface area contributed by atoms with Gasteiger partial charge in [-0.25, -0.2) is 0 Å². The Hall–Kier alpha value is -1.18. The molecule has 2 aromatic rings. The Morgan fingerprint density at radius 2 is 0.525 bits per heavy atom. The summed E-state index contributed by atoms with van der Waals surface area (Å²) >= 11 is 10.4. The molecule has 1 radical (unpaired) electrons. The minimum absolute atomic E-state index is 0. The fraction of sp³-hybridized carbons (Fsp3) is 0.696. The van der Waals surface area contributed by atoms with Crippen molar-refractivity contribution in [3.63, 3.8) is 0 Å². The Balaban J connectivity index is 0.000000212. The number of benzene rings is 2. The zero-order chi connectivity index (χ0) is 39.3. The van der Waals surface area contributed by atoms with Gasteiger partial charge in [-0.3, -0.25) is 42.5 Å². The van der Waals surface area contributed by atoms with Crippen molar-refractivity contribution in [2.75, 3.05) is 0 Å². The van der Waals surface area contributed by atoms with Crippen molar-refractivity contribution in [1.82, 2.24) is 42.5 Å². The summed E-state index contributed by atoms with van der Waals surface area (Å²) in [4.78, 5) is 0. The topological polar surface area (TPSA) is 115 Å². The van der Waals surface area contributed by atoms with E-state index in [0.717, 1.165) is 71.0 Å². The van der Waals surface area contributed by atoms with Crippen LogP contribution >= 0.6 is 23.2 Å². The van der Waals surface area contributed by atoms with Crippen molar-refractivity contribution in [3.8, 4) is 11.5 Å². The predicted molar refractivity (Wildman–Crippen MR) is 232 cm³/mol. The zero-order valence-corrected chi connectivity index (χ0v) is 36.8. The number of halogens is 2. The van der Waals surface area contributed by atoms with Crippen molar-refractivity contribution in [3.05, 3.63) is 72.8 Å². The smallest absolute Gasteiger partial charge is 0.647 e. The molecule has 13 heteroatoms. The Labute approximate surface area is 374 Å². The SMILES string of the molecule is C1CCC2C3NC(NC4NC(NC5NC(NC6NC(N3)C3CCCCC63)C3CCCCC53)C3CCCCC43)C2C1.Cl[CH-]Oc1ccccc1.Cl[CH-]Oc1ccccc1.[Cu+2]. The molecule has 9 fully saturated rings. The van der Waals surface area contributed by atoms with Gasteiger partial charge in [0.05, 0.1) is 60.8 Å². The van der Waals surface area contributed by atoms with Gasteiger partial charge in [0, 0.05) is 0 Å². The van der Waals surface area contributed by atoms with Gasteiger partial charge in [-0.1, -0.05) is 99.9 Å². The molecule has 11 rings (SSSR count). The third-order valence-corrected chi connectivity index (χ3v) is 15.8. The van der Waals surface area contributed by atoms with Crippen molar-refractivity contribution in [1.29, 1.82) is 0 Å². The molecular formula is C46H68Cl2CuN8O2. The van der Waals surface area contributed by atoms with Crippen LogP contribution in [-0.4, -0.2) is 49.3 Å². The van der Waals surface area contributed by atoms with Crippen LogP contribution < -0.4 is 52.0 Å². The van der Waals surface area contributed by atoms with Crippen LogP contribution in [0.15, 0.2) is 60.7 Å². The van der Waals surface area contributed by atoms with Crippen LogP contribution in [-0.2, 0) is 17.1 Å². The van der Waals surface area contributed by atoms with E-state index in [1.807, 2.05) is 60.7 Å². The van der Waals surface area contributed by atoms with Crippen LogP contribution in [0.3, 0.4) is 0 Å². The van der Waals surface area contributed by atoms with Crippen LogP contribution in [0.1, 0.15) is 103 Å². The molecule has 8 N–H and O–H groups in total. The van der Waals surface area contributed by atoms with Crippen molar-refractivity contribution >= 4 is 23.2 Å². The summed E-state index contributed by atoms with van der Waals surface area (Å²) in [6.45, 7) is 0. The summed E-state index contributed by atoms with van der Waals surface area (Å²) in [5.41, 5.74) is 0. The van der Waals surface area contributed by atoms with Crippen molar-refractivity contribution in [2.24, 2.45) is 47.3 Å². The molecule has 0 aromatic heterocycles. The summed E-state index contributed by atoms with van der Waals surface area (Å²) in [5.74, 6) is 7.48. The van der Waals surface area contributed by atoms with E-state index in [0.29, 0.717) is 49.3 Å². The number of nitrogens with one attached hydrogen (secondary N) is 8. The minimum Gasteiger partial charge on any atom is -0.647 e. The maximum atomic E-state index is 5.19. The Kier molecular flexibility index (Phi) is 16.2. The number of hydrogen-bond donors (Lipinski definition) is 8. The first-order valence-corrected chi connectivity index (χ1v) is 23.9. The fourth-order valence-corrected chi connectivity index (χ4v) is 13.3. The average Bonchev–Trinajstić information content (AvgIpc) is 4.01. The molecular weight excluding hydrogens is 831 g/mol. The fourth-order valence-electron chi connectivity index (χ4n) is 13.1. The van der Waals surface area contributed by atoms with Crippen molar-refractivity contribution in [2.45, 2.75) is 152 Å². The largest absolute Gasteiger partial charge is 2.00 e. The van der Waals surface area contributed by atoms with E-state index >= 15 is 0 Å². The maximum absolute atomic E-state index is 5.19. The number of ether oxygens (including phenoxy) is 2. The molecule has 329 valence electrons. The van der Waals surface area contributed by atoms with E-state index in [1.54, 1.807) is 0 Å². The molecule has 5 saturated heterocycles. The van der Waals surface area contributed by atoms with Gasteiger partial charge in [0.15, 0.2) is 0 Å². The first kappa shape index (κ1) is 44.4. The van der Waals surface area contributed by atoms with Gasteiger partial charge in [0.2, 0.25) is 0 Å². The van der Waals surface area contributed by atoms with Gasteiger partial charge >= 0.3 is 17.1 Å². The van der Waals surface area contributed by atoms with E-state index < -0.39 is 0 Å². The molecule has 4 aliphatic carbocycles. The van der Waals surface area contributed by atoms with Crippen LogP contribution in [0.5, 0.6) is 11.5 Å². The molecule has 5 heterocycles. The van der Waals surface area contributed by atoms with Crippen LogP contribution in [0.2, 0.25) is 0 Å².